The lowest BCUT2D eigenvalue weighted by Gasteiger charge is -2.16. The van der Waals surface area contributed by atoms with Crippen molar-refractivity contribution in [3.8, 4) is 17.4 Å². The molecule has 2 aromatic carbocycles. The van der Waals surface area contributed by atoms with Crippen molar-refractivity contribution in [2.45, 2.75) is 20.8 Å². The summed E-state index contributed by atoms with van der Waals surface area (Å²) in [6.45, 7) is 5.78. The number of rotatable bonds is 3. The molecule has 166 valence electrons. The van der Waals surface area contributed by atoms with E-state index in [-0.39, 0.29) is 22.3 Å². The highest BCUT2D eigenvalue weighted by molar-refractivity contribution is 7.18. The molecule has 0 aliphatic rings. The molecule has 0 aliphatic heterocycles. The Bertz CT molecular complexity index is 1630. The van der Waals surface area contributed by atoms with Crippen LogP contribution in [0.5, 0.6) is 11.8 Å². The van der Waals surface area contributed by atoms with Crippen LogP contribution in [0.2, 0.25) is 10.0 Å². The minimum Gasteiger partial charge on any atom is -0.424 e. The van der Waals surface area contributed by atoms with Crippen molar-refractivity contribution in [1.82, 2.24) is 14.5 Å². The summed E-state index contributed by atoms with van der Waals surface area (Å²) in [7, 11) is 0. The molecule has 0 radical (unpaired) electrons. The molecular weight excluding hydrogens is 484 g/mol. The largest absolute Gasteiger partial charge is 0.424 e. The van der Waals surface area contributed by atoms with Gasteiger partial charge in [0.05, 0.1) is 27.3 Å². The van der Waals surface area contributed by atoms with Gasteiger partial charge < -0.3 is 4.74 Å². The SMILES string of the molecule is Cc1sc2nc(C)c3c(=O)n(-c4ccc(Cl)cc4)c(Oc4ccc(F)cc4Cl)nc3c2c1C. The molecule has 0 fully saturated rings. The van der Waals surface area contributed by atoms with Gasteiger partial charge in [0.1, 0.15) is 16.4 Å². The standard InChI is InChI=1S/C24H16Cl2FN3O2S/c1-11-13(3)33-22-19(11)21-20(12(2)28-22)23(31)30(16-7-4-14(25)5-8-16)24(29-21)32-18-9-6-15(27)10-17(18)26/h4-10H,1-3H3. The van der Waals surface area contributed by atoms with Crippen LogP contribution < -0.4 is 10.3 Å². The van der Waals surface area contributed by atoms with E-state index >= 15 is 0 Å². The highest BCUT2D eigenvalue weighted by Crippen LogP contribution is 2.36. The van der Waals surface area contributed by atoms with E-state index in [0.717, 1.165) is 26.7 Å². The number of hydrogen-bond acceptors (Lipinski definition) is 5. The molecule has 5 nitrogen and oxygen atoms in total. The maximum atomic E-state index is 13.8. The second-order valence-electron chi connectivity index (χ2n) is 7.57. The predicted octanol–water partition coefficient (Wildman–Crippen LogP) is 7.16. The third-order valence-corrected chi connectivity index (χ3v) is 7.12. The van der Waals surface area contributed by atoms with E-state index in [1.165, 1.54) is 16.7 Å². The van der Waals surface area contributed by atoms with Crippen LogP contribution in [0.3, 0.4) is 0 Å². The molecule has 0 amide bonds. The van der Waals surface area contributed by atoms with Crippen LogP contribution in [-0.4, -0.2) is 14.5 Å². The Morgan fingerprint density at radius 2 is 1.73 bits per heavy atom. The molecule has 0 saturated carbocycles. The average molecular weight is 500 g/mol. The lowest BCUT2D eigenvalue weighted by molar-refractivity contribution is 0.426. The van der Waals surface area contributed by atoms with Crippen LogP contribution in [0.4, 0.5) is 4.39 Å². The summed E-state index contributed by atoms with van der Waals surface area (Å²) in [5, 5.41) is 1.79. The van der Waals surface area contributed by atoms with Crippen LogP contribution >= 0.6 is 34.5 Å². The topological polar surface area (TPSA) is 57.0 Å². The first-order valence-corrected chi connectivity index (χ1v) is 11.5. The number of pyridine rings is 1. The lowest BCUT2D eigenvalue weighted by Crippen LogP contribution is -2.22. The van der Waals surface area contributed by atoms with E-state index in [9.17, 15) is 9.18 Å². The summed E-state index contributed by atoms with van der Waals surface area (Å²) in [5.41, 5.74) is 2.25. The fraction of sp³-hybridized carbons (Fsp3) is 0.125. The highest BCUT2D eigenvalue weighted by atomic mass is 35.5. The van der Waals surface area contributed by atoms with E-state index in [0.29, 0.717) is 27.3 Å². The third-order valence-electron chi connectivity index (χ3n) is 5.47. The molecule has 3 heterocycles. The maximum Gasteiger partial charge on any atom is 0.310 e. The molecule has 0 spiro atoms. The summed E-state index contributed by atoms with van der Waals surface area (Å²) in [6.07, 6.45) is 0. The number of benzene rings is 2. The Balaban J connectivity index is 1.89. The number of aromatic nitrogens is 3. The van der Waals surface area contributed by atoms with Gasteiger partial charge in [-0.05, 0) is 68.8 Å². The van der Waals surface area contributed by atoms with E-state index in [2.05, 4.69) is 4.98 Å². The molecular formula is C24H16Cl2FN3O2S. The van der Waals surface area contributed by atoms with E-state index in [4.69, 9.17) is 32.9 Å². The zero-order valence-electron chi connectivity index (χ0n) is 17.7. The highest BCUT2D eigenvalue weighted by Gasteiger charge is 2.22. The second kappa shape index (κ2) is 8.09. The minimum atomic E-state index is -0.498. The summed E-state index contributed by atoms with van der Waals surface area (Å²) in [6, 6.07) is 10.5. The van der Waals surface area contributed by atoms with Crippen molar-refractivity contribution >= 4 is 55.7 Å². The molecule has 0 N–H and O–H groups in total. The third kappa shape index (κ3) is 3.66. The van der Waals surface area contributed by atoms with Gasteiger partial charge in [-0.1, -0.05) is 23.2 Å². The first-order chi connectivity index (χ1) is 15.7. The number of aryl methyl sites for hydroxylation is 3. The molecule has 0 atom stereocenters. The van der Waals surface area contributed by atoms with Gasteiger partial charge in [0.2, 0.25) is 0 Å². The predicted molar refractivity (Wildman–Crippen MR) is 131 cm³/mol. The second-order valence-corrected chi connectivity index (χ2v) is 9.62. The molecule has 5 rings (SSSR count). The fourth-order valence-electron chi connectivity index (χ4n) is 3.73. The normalized spacial score (nSPS) is 11.5. The Labute approximate surface area is 202 Å². The van der Waals surface area contributed by atoms with Gasteiger partial charge in [-0.2, -0.15) is 4.98 Å². The van der Waals surface area contributed by atoms with Crippen molar-refractivity contribution in [3.05, 3.63) is 84.8 Å². The Morgan fingerprint density at radius 3 is 2.42 bits per heavy atom. The van der Waals surface area contributed by atoms with Crippen LogP contribution in [0, 0.1) is 26.6 Å². The first-order valence-electron chi connectivity index (χ1n) is 9.96. The Kier molecular flexibility index (Phi) is 5.35. The van der Waals surface area contributed by atoms with Crippen molar-refractivity contribution < 1.29 is 9.13 Å². The molecule has 0 unspecified atom stereocenters. The maximum absolute atomic E-state index is 13.8. The quantitative estimate of drug-likeness (QED) is 0.264. The van der Waals surface area contributed by atoms with Gasteiger partial charge >= 0.3 is 6.01 Å². The summed E-state index contributed by atoms with van der Waals surface area (Å²) in [4.78, 5) is 25.2. The van der Waals surface area contributed by atoms with Crippen molar-refractivity contribution in [1.29, 1.82) is 0 Å². The molecule has 0 saturated heterocycles. The van der Waals surface area contributed by atoms with Crippen LogP contribution in [0.1, 0.15) is 16.1 Å². The van der Waals surface area contributed by atoms with Gasteiger partial charge in [0, 0.05) is 15.3 Å². The Hall–Kier alpha value is -3.00. The lowest BCUT2D eigenvalue weighted by atomic mass is 10.1. The van der Waals surface area contributed by atoms with Gasteiger partial charge in [0.15, 0.2) is 0 Å². The van der Waals surface area contributed by atoms with Crippen LogP contribution in [0.15, 0.2) is 47.3 Å². The van der Waals surface area contributed by atoms with Crippen molar-refractivity contribution in [3.63, 3.8) is 0 Å². The summed E-state index contributed by atoms with van der Waals surface area (Å²) >= 11 is 13.8. The molecule has 0 aliphatic carbocycles. The summed E-state index contributed by atoms with van der Waals surface area (Å²) < 4.78 is 20.9. The number of halogens is 3. The Morgan fingerprint density at radius 1 is 1.00 bits per heavy atom. The summed E-state index contributed by atoms with van der Waals surface area (Å²) in [5.74, 6) is -0.325. The fourth-order valence-corrected chi connectivity index (χ4v) is 5.14. The zero-order chi connectivity index (χ0) is 23.4. The zero-order valence-corrected chi connectivity index (χ0v) is 20.1. The molecule has 3 aromatic heterocycles. The number of nitrogens with zero attached hydrogens (tertiary/aromatic N) is 3. The molecule has 5 aromatic rings. The van der Waals surface area contributed by atoms with Crippen LogP contribution in [0.25, 0.3) is 26.8 Å². The first kappa shape index (κ1) is 21.8. The molecule has 9 heteroatoms. The number of hydrogen-bond donors (Lipinski definition) is 0. The van der Waals surface area contributed by atoms with Gasteiger partial charge in [0.25, 0.3) is 5.56 Å². The number of thiophene rings is 1. The van der Waals surface area contributed by atoms with E-state index in [1.807, 2.05) is 13.8 Å². The van der Waals surface area contributed by atoms with E-state index in [1.54, 1.807) is 42.5 Å². The van der Waals surface area contributed by atoms with E-state index < -0.39 is 5.82 Å². The van der Waals surface area contributed by atoms with Crippen molar-refractivity contribution in [2.75, 3.05) is 0 Å². The molecule has 33 heavy (non-hydrogen) atoms. The average Bonchev–Trinajstić information content (AvgIpc) is 3.04. The molecule has 0 bridgehead atoms. The number of fused-ring (bicyclic) bond motifs is 3. The monoisotopic (exact) mass is 499 g/mol. The van der Waals surface area contributed by atoms with Gasteiger partial charge in [-0.3, -0.25) is 4.79 Å². The van der Waals surface area contributed by atoms with Gasteiger partial charge in [-0.25, -0.2) is 13.9 Å². The minimum absolute atomic E-state index is 0.00140. The van der Waals surface area contributed by atoms with Gasteiger partial charge in [-0.15, -0.1) is 11.3 Å². The smallest absolute Gasteiger partial charge is 0.310 e. The number of ether oxygens (including phenoxy) is 1. The van der Waals surface area contributed by atoms with Crippen LogP contribution in [-0.2, 0) is 0 Å². The van der Waals surface area contributed by atoms with Crippen molar-refractivity contribution in [2.24, 2.45) is 0 Å².